The largest absolute Gasteiger partial charge is 0.495 e. The van der Waals surface area contributed by atoms with Gasteiger partial charge in [0.1, 0.15) is 11.4 Å². The van der Waals surface area contributed by atoms with Crippen LogP contribution in [0.25, 0.3) is 11.2 Å². The molecule has 1 fully saturated rings. The first-order valence-electron chi connectivity index (χ1n) is 11.3. The minimum Gasteiger partial charge on any atom is -0.495 e. The fourth-order valence-corrected chi connectivity index (χ4v) is 4.51. The van der Waals surface area contributed by atoms with E-state index in [2.05, 4.69) is 4.98 Å². The second-order valence-electron chi connectivity index (χ2n) is 9.64. The van der Waals surface area contributed by atoms with Crippen molar-refractivity contribution in [1.29, 1.82) is 0 Å². The van der Waals surface area contributed by atoms with Crippen molar-refractivity contribution in [3.8, 4) is 5.75 Å². The lowest BCUT2D eigenvalue weighted by Gasteiger charge is -2.24. The van der Waals surface area contributed by atoms with Crippen LogP contribution in [-0.4, -0.2) is 50.9 Å². The molecule has 3 heterocycles. The van der Waals surface area contributed by atoms with Crippen LogP contribution in [0.4, 0.5) is 18.0 Å². The number of carbonyl (C=O) groups is 1. The van der Waals surface area contributed by atoms with Gasteiger partial charge < -0.3 is 14.4 Å². The highest BCUT2D eigenvalue weighted by Crippen LogP contribution is 2.32. The van der Waals surface area contributed by atoms with E-state index in [0.29, 0.717) is 35.5 Å². The van der Waals surface area contributed by atoms with Gasteiger partial charge in [-0.05, 0) is 51.0 Å². The molecule has 1 unspecified atom stereocenters. The van der Waals surface area contributed by atoms with Crippen molar-refractivity contribution in [2.45, 2.75) is 51.6 Å². The molecular formula is C24H26ClF3N4O4. The van der Waals surface area contributed by atoms with Gasteiger partial charge in [0.05, 0.1) is 35.8 Å². The van der Waals surface area contributed by atoms with Gasteiger partial charge in [0, 0.05) is 19.3 Å². The van der Waals surface area contributed by atoms with E-state index in [1.807, 2.05) is 0 Å². The molecule has 0 saturated carbocycles. The molecule has 0 radical (unpaired) electrons. The highest BCUT2D eigenvalue weighted by atomic mass is 35.5. The van der Waals surface area contributed by atoms with Crippen molar-refractivity contribution < 1.29 is 27.4 Å². The van der Waals surface area contributed by atoms with Crippen molar-refractivity contribution >= 4 is 28.9 Å². The zero-order chi connectivity index (χ0) is 26.4. The molecule has 1 atom stereocenters. The van der Waals surface area contributed by atoms with Gasteiger partial charge in [0.15, 0.2) is 5.65 Å². The zero-order valence-corrected chi connectivity index (χ0v) is 21.0. The predicted molar refractivity (Wildman–Crippen MR) is 128 cm³/mol. The third-order valence-electron chi connectivity index (χ3n) is 5.87. The minimum absolute atomic E-state index is 0.0302. The smallest absolute Gasteiger partial charge is 0.417 e. The molecule has 12 heteroatoms. The number of amides is 1. The molecule has 0 aliphatic carbocycles. The molecule has 0 N–H and O–H groups in total. The van der Waals surface area contributed by atoms with Crippen LogP contribution in [0.3, 0.4) is 0 Å². The van der Waals surface area contributed by atoms with Crippen LogP contribution in [0.15, 0.2) is 35.3 Å². The number of halogens is 4. The molecular weight excluding hydrogens is 501 g/mol. The first-order valence-corrected chi connectivity index (χ1v) is 11.6. The van der Waals surface area contributed by atoms with E-state index in [4.69, 9.17) is 21.1 Å². The molecule has 2 aromatic heterocycles. The monoisotopic (exact) mass is 526 g/mol. The summed E-state index contributed by atoms with van der Waals surface area (Å²) in [6, 6.07) is 5.35. The van der Waals surface area contributed by atoms with E-state index in [1.165, 1.54) is 21.1 Å². The Bertz CT molecular complexity index is 1360. The normalized spacial score (nSPS) is 16.6. The second-order valence-corrected chi connectivity index (χ2v) is 10.0. The molecule has 0 bridgehead atoms. The summed E-state index contributed by atoms with van der Waals surface area (Å²) in [7, 11) is 1.46. The van der Waals surface area contributed by atoms with Gasteiger partial charge in [0.25, 0.3) is 0 Å². The van der Waals surface area contributed by atoms with Crippen molar-refractivity contribution in [1.82, 2.24) is 19.0 Å². The predicted octanol–water partition coefficient (Wildman–Crippen LogP) is 5.11. The van der Waals surface area contributed by atoms with Gasteiger partial charge >= 0.3 is 18.0 Å². The fourth-order valence-electron chi connectivity index (χ4n) is 4.23. The Hall–Kier alpha value is -3.21. The number of alkyl halides is 3. The summed E-state index contributed by atoms with van der Waals surface area (Å²) in [5.41, 5.74) is -1.42. The highest BCUT2D eigenvalue weighted by Gasteiger charge is 2.35. The third kappa shape index (κ3) is 5.16. The van der Waals surface area contributed by atoms with Crippen molar-refractivity contribution in [2.24, 2.45) is 0 Å². The van der Waals surface area contributed by atoms with Crippen molar-refractivity contribution in [2.75, 3.05) is 20.2 Å². The van der Waals surface area contributed by atoms with Gasteiger partial charge in [-0.25, -0.2) is 14.6 Å². The summed E-state index contributed by atoms with van der Waals surface area (Å²) in [4.78, 5) is 31.6. The van der Waals surface area contributed by atoms with Gasteiger partial charge in [-0.1, -0.05) is 17.7 Å². The molecule has 3 aromatic rings. The van der Waals surface area contributed by atoms with Gasteiger partial charge in [-0.2, -0.15) is 13.2 Å². The van der Waals surface area contributed by atoms with Gasteiger partial charge in [-0.15, -0.1) is 0 Å². The SMILES string of the molecule is COc1ccc(Cn2c(=O)n(C3CCN(C(=O)OC(C)(C)C)C3)c3ncc(C(F)(F)F)cc32)cc1Cl. The Balaban J connectivity index is 1.76. The van der Waals surface area contributed by atoms with E-state index in [-0.39, 0.29) is 24.3 Å². The van der Waals surface area contributed by atoms with Crippen LogP contribution in [0, 0.1) is 0 Å². The number of likely N-dealkylation sites (tertiary alicyclic amines) is 1. The van der Waals surface area contributed by atoms with E-state index in [1.54, 1.807) is 39.0 Å². The first kappa shape index (κ1) is 25.9. The molecule has 1 aliphatic rings. The number of aromatic nitrogens is 3. The van der Waals surface area contributed by atoms with Gasteiger partial charge in [-0.3, -0.25) is 9.13 Å². The summed E-state index contributed by atoms with van der Waals surface area (Å²) >= 11 is 6.21. The topological polar surface area (TPSA) is 78.6 Å². The number of ether oxygens (including phenoxy) is 2. The number of nitrogens with zero attached hydrogens (tertiary/aromatic N) is 4. The molecule has 194 valence electrons. The van der Waals surface area contributed by atoms with E-state index < -0.39 is 35.2 Å². The number of fused-ring (bicyclic) bond motifs is 1. The average molecular weight is 527 g/mol. The standard InChI is InChI=1S/C24H26ClF3N4O4/c1-23(2,3)36-22(34)30-8-7-16(13-30)32-20-18(10-15(11-29-20)24(26,27)28)31(21(32)33)12-14-5-6-19(35-4)17(25)9-14/h5-6,9-11,16H,7-8,12-13H2,1-4H3. The average Bonchev–Trinajstić information content (AvgIpc) is 3.35. The van der Waals surface area contributed by atoms with Crippen LogP contribution >= 0.6 is 11.6 Å². The lowest BCUT2D eigenvalue weighted by Crippen LogP contribution is -2.36. The molecule has 36 heavy (non-hydrogen) atoms. The summed E-state index contributed by atoms with van der Waals surface area (Å²) in [6.45, 7) is 5.74. The Morgan fingerprint density at radius 2 is 1.94 bits per heavy atom. The number of carbonyl (C=O) groups excluding carboxylic acids is 1. The number of pyridine rings is 1. The lowest BCUT2D eigenvalue weighted by molar-refractivity contribution is -0.137. The Morgan fingerprint density at radius 1 is 1.22 bits per heavy atom. The third-order valence-corrected chi connectivity index (χ3v) is 6.16. The Kier molecular flexibility index (Phi) is 6.72. The van der Waals surface area contributed by atoms with Crippen LogP contribution in [0.2, 0.25) is 5.02 Å². The van der Waals surface area contributed by atoms with Crippen LogP contribution in [0.5, 0.6) is 5.75 Å². The van der Waals surface area contributed by atoms with Gasteiger partial charge in [0.2, 0.25) is 0 Å². The number of benzene rings is 1. The molecule has 1 saturated heterocycles. The number of methoxy groups -OCH3 is 1. The molecule has 1 aliphatic heterocycles. The van der Waals surface area contributed by atoms with Crippen molar-refractivity contribution in [3.63, 3.8) is 0 Å². The highest BCUT2D eigenvalue weighted by molar-refractivity contribution is 6.32. The fraction of sp³-hybridized carbons (Fsp3) is 0.458. The first-order chi connectivity index (χ1) is 16.8. The maximum atomic E-state index is 13.6. The van der Waals surface area contributed by atoms with E-state index in [0.717, 1.165) is 6.07 Å². The minimum atomic E-state index is -4.63. The molecule has 1 aromatic carbocycles. The number of imidazole rings is 1. The Labute approximate surface area is 210 Å². The van der Waals surface area contributed by atoms with Crippen LogP contribution < -0.4 is 10.4 Å². The summed E-state index contributed by atoms with van der Waals surface area (Å²) in [5.74, 6) is 0.435. The van der Waals surface area contributed by atoms with E-state index >= 15 is 0 Å². The maximum absolute atomic E-state index is 13.6. The van der Waals surface area contributed by atoms with Crippen LogP contribution in [-0.2, 0) is 17.5 Å². The quantitative estimate of drug-likeness (QED) is 0.472. The molecule has 4 rings (SSSR count). The number of hydrogen-bond acceptors (Lipinski definition) is 5. The number of rotatable bonds is 4. The Morgan fingerprint density at radius 3 is 2.56 bits per heavy atom. The molecule has 1 amide bonds. The second kappa shape index (κ2) is 9.34. The van der Waals surface area contributed by atoms with E-state index in [9.17, 15) is 22.8 Å². The summed E-state index contributed by atoms with van der Waals surface area (Å²) in [6.07, 6.45) is -4.00. The molecule has 0 spiro atoms. The molecule has 8 nitrogen and oxygen atoms in total. The summed E-state index contributed by atoms with van der Waals surface area (Å²) in [5, 5.41) is 0.310. The number of hydrogen-bond donors (Lipinski definition) is 0. The summed E-state index contributed by atoms with van der Waals surface area (Å²) < 4.78 is 53.6. The maximum Gasteiger partial charge on any atom is 0.417 e. The lowest BCUT2D eigenvalue weighted by atomic mass is 10.2. The van der Waals surface area contributed by atoms with Crippen LogP contribution in [0.1, 0.15) is 44.4 Å². The zero-order valence-electron chi connectivity index (χ0n) is 20.2. The van der Waals surface area contributed by atoms with Crippen molar-refractivity contribution in [3.05, 3.63) is 57.1 Å².